The number of carbonyl (C=O) groups excluding carboxylic acids is 1. The Kier molecular flexibility index (Phi) is 4.47. The summed E-state index contributed by atoms with van der Waals surface area (Å²) in [6.45, 7) is 5.74. The Morgan fingerprint density at radius 2 is 1.78 bits per heavy atom. The molecule has 118 valence electrons. The van der Waals surface area contributed by atoms with Crippen LogP contribution in [0.2, 0.25) is 0 Å². The molecule has 1 aromatic heterocycles. The Bertz CT molecular complexity index is 815. The fraction of sp³-hybridized carbons (Fsp3) is 0.250. The number of carbonyl (C=O) groups is 1. The molecular formula is C20H22N2O. The Morgan fingerprint density at radius 3 is 2.57 bits per heavy atom. The monoisotopic (exact) mass is 306 g/mol. The predicted octanol–water partition coefficient (Wildman–Crippen LogP) is 4.08. The minimum atomic E-state index is -0.000846. The first-order chi connectivity index (χ1) is 11.1. The van der Waals surface area contributed by atoms with Crippen molar-refractivity contribution in [1.29, 1.82) is 0 Å². The second-order valence-corrected chi connectivity index (χ2v) is 5.97. The molecule has 3 heteroatoms. The van der Waals surface area contributed by atoms with Gasteiger partial charge >= 0.3 is 0 Å². The maximum absolute atomic E-state index is 12.1. The highest BCUT2D eigenvalue weighted by Gasteiger charge is 2.06. The van der Waals surface area contributed by atoms with Gasteiger partial charge in [-0.2, -0.15) is 0 Å². The van der Waals surface area contributed by atoms with E-state index in [-0.39, 0.29) is 5.91 Å². The molecule has 0 radical (unpaired) electrons. The first-order valence-corrected chi connectivity index (χ1v) is 8.05. The molecule has 3 aromatic rings. The van der Waals surface area contributed by atoms with Crippen molar-refractivity contribution < 1.29 is 4.79 Å². The zero-order valence-electron chi connectivity index (χ0n) is 13.7. The third-order valence-corrected chi connectivity index (χ3v) is 4.18. The van der Waals surface area contributed by atoms with Crippen molar-refractivity contribution in [2.75, 3.05) is 6.54 Å². The molecule has 0 aliphatic heterocycles. The van der Waals surface area contributed by atoms with Crippen molar-refractivity contribution in [3.63, 3.8) is 0 Å². The molecule has 2 aromatic carbocycles. The number of aromatic nitrogens is 1. The van der Waals surface area contributed by atoms with E-state index in [9.17, 15) is 4.79 Å². The van der Waals surface area contributed by atoms with E-state index in [1.54, 1.807) is 0 Å². The Hall–Kier alpha value is -2.55. The number of fused-ring (bicyclic) bond motifs is 1. The van der Waals surface area contributed by atoms with Crippen LogP contribution < -0.4 is 5.32 Å². The minimum Gasteiger partial charge on any atom is -0.352 e. The molecule has 0 aliphatic rings. The molecule has 0 bridgehead atoms. The Balaban J connectivity index is 1.56. The van der Waals surface area contributed by atoms with Crippen molar-refractivity contribution in [1.82, 2.24) is 9.88 Å². The maximum atomic E-state index is 12.1. The second-order valence-electron chi connectivity index (χ2n) is 5.97. The number of amides is 1. The van der Waals surface area contributed by atoms with E-state index < -0.39 is 0 Å². The fourth-order valence-corrected chi connectivity index (χ4v) is 2.89. The van der Waals surface area contributed by atoms with Crippen LogP contribution in [-0.4, -0.2) is 17.0 Å². The summed E-state index contributed by atoms with van der Waals surface area (Å²) in [6, 6.07) is 18.3. The zero-order chi connectivity index (χ0) is 16.2. The summed E-state index contributed by atoms with van der Waals surface area (Å²) in [5.74, 6) is -0.000846. The number of nitrogens with one attached hydrogen (secondary N) is 1. The lowest BCUT2D eigenvalue weighted by Gasteiger charge is -2.09. The van der Waals surface area contributed by atoms with E-state index in [2.05, 4.69) is 47.1 Å². The zero-order valence-corrected chi connectivity index (χ0v) is 13.7. The fourth-order valence-electron chi connectivity index (χ4n) is 2.89. The Labute approximate surface area is 136 Å². The summed E-state index contributed by atoms with van der Waals surface area (Å²) in [6.07, 6.45) is 0.914. The molecular weight excluding hydrogens is 284 g/mol. The van der Waals surface area contributed by atoms with Gasteiger partial charge in [-0.15, -0.1) is 0 Å². The molecule has 0 atom stereocenters. The quantitative estimate of drug-likeness (QED) is 0.708. The van der Waals surface area contributed by atoms with Crippen LogP contribution in [-0.2, 0) is 6.54 Å². The highest BCUT2D eigenvalue weighted by atomic mass is 16.1. The van der Waals surface area contributed by atoms with Crippen LogP contribution >= 0.6 is 0 Å². The van der Waals surface area contributed by atoms with Gasteiger partial charge in [-0.25, -0.2) is 0 Å². The summed E-state index contributed by atoms with van der Waals surface area (Å²) in [5, 5.41) is 4.27. The van der Waals surface area contributed by atoms with Gasteiger partial charge in [0.1, 0.15) is 0 Å². The lowest BCUT2D eigenvalue weighted by atomic mass is 10.1. The molecule has 0 aliphatic carbocycles. The van der Waals surface area contributed by atoms with E-state index >= 15 is 0 Å². The smallest absolute Gasteiger partial charge is 0.251 e. The van der Waals surface area contributed by atoms with Gasteiger partial charge in [-0.05, 0) is 49.9 Å². The van der Waals surface area contributed by atoms with Crippen LogP contribution in [0.1, 0.15) is 28.0 Å². The number of benzene rings is 2. The van der Waals surface area contributed by atoms with Crippen LogP contribution in [0.15, 0.2) is 54.6 Å². The third kappa shape index (κ3) is 3.45. The lowest BCUT2D eigenvalue weighted by molar-refractivity contribution is 0.0953. The molecule has 1 N–H and O–H groups in total. The van der Waals surface area contributed by atoms with Crippen LogP contribution in [0.3, 0.4) is 0 Å². The number of para-hydroxylation sites is 1. The molecule has 0 saturated heterocycles. The minimum absolute atomic E-state index is 0.000846. The molecule has 0 spiro atoms. The number of aryl methyl sites for hydroxylation is 3. The summed E-state index contributed by atoms with van der Waals surface area (Å²) < 4.78 is 2.31. The van der Waals surface area contributed by atoms with Crippen molar-refractivity contribution in [2.24, 2.45) is 0 Å². The average molecular weight is 306 g/mol. The first-order valence-electron chi connectivity index (χ1n) is 8.05. The van der Waals surface area contributed by atoms with E-state index in [1.807, 2.05) is 31.2 Å². The van der Waals surface area contributed by atoms with E-state index in [4.69, 9.17) is 0 Å². The molecule has 0 unspecified atom stereocenters. The molecule has 3 rings (SSSR count). The van der Waals surface area contributed by atoms with Gasteiger partial charge in [0.15, 0.2) is 0 Å². The second kappa shape index (κ2) is 6.69. The van der Waals surface area contributed by atoms with Gasteiger partial charge in [-0.3, -0.25) is 4.79 Å². The number of nitrogens with zero attached hydrogens (tertiary/aromatic N) is 1. The van der Waals surface area contributed by atoms with Gasteiger partial charge in [-0.1, -0.05) is 35.9 Å². The Morgan fingerprint density at radius 1 is 1.04 bits per heavy atom. The summed E-state index contributed by atoms with van der Waals surface area (Å²) >= 11 is 0. The summed E-state index contributed by atoms with van der Waals surface area (Å²) in [4.78, 5) is 12.1. The van der Waals surface area contributed by atoms with E-state index in [1.165, 1.54) is 16.6 Å². The van der Waals surface area contributed by atoms with Crippen LogP contribution in [0.25, 0.3) is 10.9 Å². The number of hydrogen-bond donors (Lipinski definition) is 1. The predicted molar refractivity (Wildman–Crippen MR) is 94.8 cm³/mol. The largest absolute Gasteiger partial charge is 0.352 e. The molecule has 1 heterocycles. The molecule has 3 nitrogen and oxygen atoms in total. The molecule has 1 amide bonds. The topological polar surface area (TPSA) is 34.0 Å². The number of hydrogen-bond acceptors (Lipinski definition) is 1. The van der Waals surface area contributed by atoms with Crippen molar-refractivity contribution in [3.05, 3.63) is 71.4 Å². The van der Waals surface area contributed by atoms with E-state index in [0.29, 0.717) is 6.54 Å². The van der Waals surface area contributed by atoms with Gasteiger partial charge in [0.2, 0.25) is 0 Å². The SMILES string of the molecule is Cc1ccc(C(=O)NCCCn2c(C)cc3ccccc32)cc1. The normalized spacial score (nSPS) is 10.9. The van der Waals surface area contributed by atoms with Crippen molar-refractivity contribution in [3.8, 4) is 0 Å². The molecule has 23 heavy (non-hydrogen) atoms. The lowest BCUT2D eigenvalue weighted by Crippen LogP contribution is -2.25. The molecule has 0 saturated carbocycles. The van der Waals surface area contributed by atoms with Crippen molar-refractivity contribution in [2.45, 2.75) is 26.8 Å². The van der Waals surface area contributed by atoms with Gasteiger partial charge in [0.25, 0.3) is 5.91 Å². The third-order valence-electron chi connectivity index (χ3n) is 4.18. The van der Waals surface area contributed by atoms with E-state index in [0.717, 1.165) is 24.1 Å². The first kappa shape index (κ1) is 15.3. The van der Waals surface area contributed by atoms with Crippen LogP contribution in [0.4, 0.5) is 0 Å². The summed E-state index contributed by atoms with van der Waals surface area (Å²) in [7, 11) is 0. The van der Waals surface area contributed by atoms with Gasteiger partial charge < -0.3 is 9.88 Å². The maximum Gasteiger partial charge on any atom is 0.251 e. The highest BCUT2D eigenvalue weighted by Crippen LogP contribution is 2.19. The summed E-state index contributed by atoms with van der Waals surface area (Å²) in [5.41, 5.74) is 4.40. The van der Waals surface area contributed by atoms with Gasteiger partial charge in [0, 0.05) is 29.9 Å². The molecule has 0 fully saturated rings. The average Bonchev–Trinajstić information content (AvgIpc) is 2.87. The van der Waals surface area contributed by atoms with Crippen LogP contribution in [0.5, 0.6) is 0 Å². The highest BCUT2D eigenvalue weighted by molar-refractivity contribution is 5.94. The number of rotatable bonds is 5. The van der Waals surface area contributed by atoms with Crippen molar-refractivity contribution >= 4 is 16.8 Å². The van der Waals surface area contributed by atoms with Crippen LogP contribution in [0, 0.1) is 13.8 Å². The standard InChI is InChI=1S/C20H22N2O/c1-15-8-10-17(11-9-15)20(23)21-12-5-13-22-16(2)14-18-6-3-4-7-19(18)22/h3-4,6-11,14H,5,12-13H2,1-2H3,(H,21,23). The van der Waals surface area contributed by atoms with Gasteiger partial charge in [0.05, 0.1) is 0 Å².